The molecule has 0 aliphatic carbocycles. The van der Waals surface area contributed by atoms with Gasteiger partial charge in [0.2, 0.25) is 0 Å². The third-order valence-electron chi connectivity index (χ3n) is 4.53. The van der Waals surface area contributed by atoms with Gasteiger partial charge in [0.1, 0.15) is 18.2 Å². The zero-order valence-electron chi connectivity index (χ0n) is 17.5. The molecule has 0 spiro atoms. The molecule has 0 atom stereocenters. The Hall–Kier alpha value is -3.27. The molecule has 1 N–H and O–H groups in total. The van der Waals surface area contributed by atoms with Gasteiger partial charge in [0.25, 0.3) is 5.91 Å². The molecule has 0 saturated carbocycles. The number of anilines is 1. The van der Waals surface area contributed by atoms with Crippen LogP contribution in [0.2, 0.25) is 5.02 Å². The number of nitriles is 1. The highest BCUT2D eigenvalue weighted by atomic mass is 79.9. The molecule has 162 valence electrons. The lowest BCUT2D eigenvalue weighted by molar-refractivity contribution is -0.112. The quantitative estimate of drug-likeness (QED) is 0.289. The van der Waals surface area contributed by atoms with Crippen molar-refractivity contribution in [3.63, 3.8) is 0 Å². The lowest BCUT2D eigenvalue weighted by Gasteiger charge is -2.14. The zero-order chi connectivity index (χ0) is 23.1. The van der Waals surface area contributed by atoms with Crippen molar-refractivity contribution in [1.29, 1.82) is 5.26 Å². The number of carbonyl (C=O) groups excluding carboxylic acids is 1. The molecule has 0 fully saturated rings. The van der Waals surface area contributed by atoms with Gasteiger partial charge in [-0.3, -0.25) is 4.79 Å². The van der Waals surface area contributed by atoms with E-state index in [9.17, 15) is 10.1 Å². The second kappa shape index (κ2) is 10.9. The Morgan fingerprint density at radius 1 is 1.16 bits per heavy atom. The number of rotatable bonds is 7. The van der Waals surface area contributed by atoms with Gasteiger partial charge in [0.15, 0.2) is 11.5 Å². The summed E-state index contributed by atoms with van der Waals surface area (Å²) in [6, 6.07) is 20.1. The number of benzene rings is 3. The summed E-state index contributed by atoms with van der Waals surface area (Å²) < 4.78 is 12.0. The van der Waals surface area contributed by atoms with Crippen LogP contribution in [0.3, 0.4) is 0 Å². The van der Waals surface area contributed by atoms with Gasteiger partial charge in [-0.2, -0.15) is 5.26 Å². The molecule has 0 saturated heterocycles. The number of methoxy groups -OCH3 is 1. The predicted molar refractivity (Wildman–Crippen MR) is 130 cm³/mol. The molecule has 0 radical (unpaired) electrons. The first-order valence-corrected chi connectivity index (χ1v) is 10.8. The third kappa shape index (κ3) is 6.13. The normalized spacial score (nSPS) is 10.9. The molecule has 3 aromatic carbocycles. The van der Waals surface area contributed by atoms with Crippen molar-refractivity contribution in [2.45, 2.75) is 13.5 Å². The Bertz CT molecular complexity index is 1180. The lowest BCUT2D eigenvalue weighted by Crippen LogP contribution is -2.13. The average molecular weight is 512 g/mol. The molecular formula is C25H20BrClN2O3. The Labute approximate surface area is 200 Å². The molecule has 0 heterocycles. The largest absolute Gasteiger partial charge is 0.493 e. The number of halogens is 2. The minimum absolute atomic E-state index is 0.0330. The molecule has 0 aromatic heterocycles. The first-order valence-electron chi connectivity index (χ1n) is 9.64. The van der Waals surface area contributed by atoms with Gasteiger partial charge >= 0.3 is 0 Å². The number of hydrogen-bond acceptors (Lipinski definition) is 4. The van der Waals surface area contributed by atoms with Gasteiger partial charge in [-0.15, -0.1) is 0 Å². The van der Waals surface area contributed by atoms with Crippen LogP contribution in [-0.4, -0.2) is 13.0 Å². The van der Waals surface area contributed by atoms with Crippen molar-refractivity contribution >= 4 is 45.2 Å². The number of carbonyl (C=O) groups is 1. The second-order valence-corrected chi connectivity index (χ2v) is 8.23. The predicted octanol–water partition coefficient (Wildman–Crippen LogP) is 6.54. The fourth-order valence-electron chi connectivity index (χ4n) is 2.85. The SMILES string of the molecule is COc1cc(/C=C(/C#N)C(=O)Nc2ccc(C)cc2)cc(Br)c1OCc1ccc(Cl)cc1. The van der Waals surface area contributed by atoms with E-state index in [1.165, 1.54) is 13.2 Å². The molecule has 0 aliphatic rings. The van der Waals surface area contributed by atoms with Gasteiger partial charge in [-0.25, -0.2) is 0 Å². The summed E-state index contributed by atoms with van der Waals surface area (Å²) in [6.45, 7) is 2.28. The first-order chi connectivity index (χ1) is 15.4. The van der Waals surface area contributed by atoms with Crippen LogP contribution < -0.4 is 14.8 Å². The van der Waals surface area contributed by atoms with Crippen molar-refractivity contribution < 1.29 is 14.3 Å². The minimum atomic E-state index is -0.491. The summed E-state index contributed by atoms with van der Waals surface area (Å²) in [4.78, 5) is 12.5. The van der Waals surface area contributed by atoms with Crippen molar-refractivity contribution in [3.05, 3.63) is 92.4 Å². The Kier molecular flexibility index (Phi) is 7.93. The highest BCUT2D eigenvalue weighted by molar-refractivity contribution is 9.10. The molecule has 1 amide bonds. The molecule has 7 heteroatoms. The van der Waals surface area contributed by atoms with E-state index in [0.717, 1.165) is 11.1 Å². The van der Waals surface area contributed by atoms with Crippen LogP contribution in [-0.2, 0) is 11.4 Å². The smallest absolute Gasteiger partial charge is 0.266 e. The maximum Gasteiger partial charge on any atom is 0.266 e. The van der Waals surface area contributed by atoms with Gasteiger partial charge in [0, 0.05) is 10.7 Å². The van der Waals surface area contributed by atoms with E-state index in [4.69, 9.17) is 21.1 Å². The van der Waals surface area contributed by atoms with Crippen LogP contribution in [0.15, 0.2) is 70.7 Å². The summed E-state index contributed by atoms with van der Waals surface area (Å²) >= 11 is 9.42. The molecule has 32 heavy (non-hydrogen) atoms. The van der Waals surface area contributed by atoms with Crippen molar-refractivity contribution in [2.24, 2.45) is 0 Å². The van der Waals surface area contributed by atoms with Gasteiger partial charge < -0.3 is 14.8 Å². The van der Waals surface area contributed by atoms with E-state index in [0.29, 0.717) is 38.9 Å². The van der Waals surface area contributed by atoms with E-state index in [2.05, 4.69) is 21.2 Å². The van der Waals surface area contributed by atoms with Crippen LogP contribution in [0.4, 0.5) is 5.69 Å². The number of amides is 1. The summed E-state index contributed by atoms with van der Waals surface area (Å²) in [5.41, 5.74) is 3.23. The number of ether oxygens (including phenoxy) is 2. The van der Waals surface area contributed by atoms with E-state index >= 15 is 0 Å². The van der Waals surface area contributed by atoms with E-state index in [-0.39, 0.29) is 5.57 Å². The summed E-state index contributed by atoms with van der Waals surface area (Å²) in [5, 5.41) is 12.9. The summed E-state index contributed by atoms with van der Waals surface area (Å²) in [6.07, 6.45) is 1.50. The third-order valence-corrected chi connectivity index (χ3v) is 5.37. The van der Waals surface area contributed by atoms with Crippen molar-refractivity contribution in [3.8, 4) is 17.6 Å². The molecule has 0 unspecified atom stereocenters. The Balaban J connectivity index is 1.80. The highest BCUT2D eigenvalue weighted by Crippen LogP contribution is 2.38. The molecule has 0 aliphatic heterocycles. The highest BCUT2D eigenvalue weighted by Gasteiger charge is 2.14. The van der Waals surface area contributed by atoms with E-state index < -0.39 is 5.91 Å². The van der Waals surface area contributed by atoms with Crippen LogP contribution in [0.25, 0.3) is 6.08 Å². The number of nitrogens with zero attached hydrogens (tertiary/aromatic N) is 1. The van der Waals surface area contributed by atoms with Gasteiger partial charge in [-0.05, 0) is 76.5 Å². The van der Waals surface area contributed by atoms with Crippen LogP contribution >= 0.6 is 27.5 Å². The molecule has 3 aromatic rings. The molecular weight excluding hydrogens is 492 g/mol. The zero-order valence-corrected chi connectivity index (χ0v) is 19.8. The number of nitrogens with one attached hydrogen (secondary N) is 1. The van der Waals surface area contributed by atoms with Crippen LogP contribution in [0, 0.1) is 18.3 Å². The minimum Gasteiger partial charge on any atom is -0.493 e. The first kappa shape index (κ1) is 23.4. The summed E-state index contributed by atoms with van der Waals surface area (Å²) in [5.74, 6) is 0.493. The fourth-order valence-corrected chi connectivity index (χ4v) is 3.55. The molecule has 5 nitrogen and oxygen atoms in total. The average Bonchev–Trinajstić information content (AvgIpc) is 2.79. The van der Waals surface area contributed by atoms with Gasteiger partial charge in [0.05, 0.1) is 11.6 Å². The van der Waals surface area contributed by atoms with Gasteiger partial charge in [-0.1, -0.05) is 41.4 Å². The number of aryl methyl sites for hydroxylation is 1. The monoisotopic (exact) mass is 510 g/mol. The maximum absolute atomic E-state index is 12.5. The Morgan fingerprint density at radius 3 is 2.47 bits per heavy atom. The molecule has 0 bridgehead atoms. The summed E-state index contributed by atoms with van der Waals surface area (Å²) in [7, 11) is 1.53. The maximum atomic E-state index is 12.5. The number of hydrogen-bond donors (Lipinski definition) is 1. The van der Waals surface area contributed by atoms with Crippen molar-refractivity contribution in [2.75, 3.05) is 12.4 Å². The van der Waals surface area contributed by atoms with Crippen LogP contribution in [0.1, 0.15) is 16.7 Å². The van der Waals surface area contributed by atoms with Crippen molar-refractivity contribution in [1.82, 2.24) is 0 Å². The molecule has 3 rings (SSSR count). The van der Waals surface area contributed by atoms with E-state index in [1.54, 1.807) is 36.4 Å². The Morgan fingerprint density at radius 2 is 1.84 bits per heavy atom. The lowest BCUT2D eigenvalue weighted by atomic mass is 10.1. The topological polar surface area (TPSA) is 71.3 Å². The fraction of sp³-hybridized carbons (Fsp3) is 0.120. The van der Waals surface area contributed by atoms with E-state index in [1.807, 2.05) is 37.3 Å². The standard InChI is InChI=1S/C25H20BrClN2O3/c1-16-3-9-21(10-4-16)29-25(30)19(14-28)11-18-12-22(26)24(23(13-18)31-2)32-15-17-5-7-20(27)8-6-17/h3-13H,15H2,1-2H3,(H,29,30)/b19-11-. The van der Waals surface area contributed by atoms with Crippen LogP contribution in [0.5, 0.6) is 11.5 Å². The second-order valence-electron chi connectivity index (χ2n) is 6.94.